The number of hydrogen-bond acceptors (Lipinski definition) is 3. The molecule has 0 aliphatic carbocycles. The van der Waals surface area contributed by atoms with Crippen molar-refractivity contribution in [2.45, 2.75) is 77.2 Å². The van der Waals surface area contributed by atoms with E-state index < -0.39 is 11.5 Å². The van der Waals surface area contributed by atoms with Crippen LogP contribution < -0.4 is 5.32 Å². The first-order valence-corrected chi connectivity index (χ1v) is 6.54. The van der Waals surface area contributed by atoms with Gasteiger partial charge in [0.25, 0.3) is 0 Å². The van der Waals surface area contributed by atoms with Gasteiger partial charge in [-0.05, 0) is 40.0 Å². The van der Waals surface area contributed by atoms with Crippen molar-refractivity contribution < 1.29 is 14.6 Å². The molecular formula is C13H25NO3. The Bertz CT molecular complexity index is 259. The maximum absolute atomic E-state index is 11.4. The number of aliphatic carboxylic acids is 1. The second-order valence-electron chi connectivity index (χ2n) is 5.46. The molecule has 3 atom stereocenters. The molecule has 1 aliphatic rings. The molecule has 4 nitrogen and oxygen atoms in total. The van der Waals surface area contributed by atoms with E-state index in [0.717, 1.165) is 19.3 Å². The summed E-state index contributed by atoms with van der Waals surface area (Å²) in [4.78, 5) is 11.4. The Balaban J connectivity index is 2.63. The van der Waals surface area contributed by atoms with Crippen molar-refractivity contribution in [3.05, 3.63) is 0 Å². The minimum absolute atomic E-state index is 0.205. The van der Waals surface area contributed by atoms with E-state index >= 15 is 0 Å². The van der Waals surface area contributed by atoms with E-state index in [9.17, 15) is 9.90 Å². The van der Waals surface area contributed by atoms with Crippen LogP contribution in [0.2, 0.25) is 0 Å². The monoisotopic (exact) mass is 243 g/mol. The van der Waals surface area contributed by atoms with Gasteiger partial charge in [0.2, 0.25) is 0 Å². The Kier molecular flexibility index (Phi) is 4.95. The van der Waals surface area contributed by atoms with Gasteiger partial charge in [-0.15, -0.1) is 0 Å². The lowest BCUT2D eigenvalue weighted by Gasteiger charge is -2.37. The van der Waals surface area contributed by atoms with Gasteiger partial charge in [-0.3, -0.25) is 10.1 Å². The first-order valence-electron chi connectivity index (χ1n) is 6.54. The van der Waals surface area contributed by atoms with Crippen LogP contribution in [0, 0.1) is 0 Å². The molecule has 100 valence electrons. The van der Waals surface area contributed by atoms with Crippen molar-refractivity contribution in [2.24, 2.45) is 0 Å². The van der Waals surface area contributed by atoms with E-state index in [1.54, 1.807) is 6.92 Å². The number of carboxylic acid groups (broad SMARTS) is 1. The average molecular weight is 243 g/mol. The number of nitrogens with one attached hydrogen (secondary N) is 1. The molecule has 0 spiro atoms. The summed E-state index contributed by atoms with van der Waals surface area (Å²) in [6.45, 7) is 7.88. The van der Waals surface area contributed by atoms with Gasteiger partial charge < -0.3 is 9.84 Å². The number of carboxylic acids is 1. The van der Waals surface area contributed by atoms with Crippen LogP contribution >= 0.6 is 0 Å². The Morgan fingerprint density at radius 2 is 1.94 bits per heavy atom. The van der Waals surface area contributed by atoms with Crippen LogP contribution in [0.4, 0.5) is 0 Å². The highest BCUT2D eigenvalue weighted by molar-refractivity contribution is 5.78. The quantitative estimate of drug-likeness (QED) is 0.777. The zero-order chi connectivity index (χ0) is 13.1. The molecule has 2 N–H and O–H groups in total. The van der Waals surface area contributed by atoms with Gasteiger partial charge in [-0.2, -0.15) is 0 Å². The topological polar surface area (TPSA) is 58.6 Å². The second-order valence-corrected chi connectivity index (χ2v) is 5.46. The lowest BCUT2D eigenvalue weighted by atomic mass is 9.91. The van der Waals surface area contributed by atoms with Crippen LogP contribution in [0.25, 0.3) is 0 Å². The maximum Gasteiger partial charge on any atom is 0.323 e. The zero-order valence-corrected chi connectivity index (χ0v) is 11.3. The second kappa shape index (κ2) is 5.83. The van der Waals surface area contributed by atoms with E-state index in [1.165, 1.54) is 0 Å². The summed E-state index contributed by atoms with van der Waals surface area (Å²) in [6, 6.07) is 0.237. The molecule has 0 saturated carbocycles. The minimum Gasteiger partial charge on any atom is -0.480 e. The van der Waals surface area contributed by atoms with Gasteiger partial charge >= 0.3 is 5.97 Å². The fourth-order valence-corrected chi connectivity index (χ4v) is 2.71. The van der Waals surface area contributed by atoms with Crippen LogP contribution in [0.5, 0.6) is 0 Å². The molecule has 1 heterocycles. The highest BCUT2D eigenvalue weighted by Gasteiger charge is 2.36. The number of ether oxygens (including phenoxy) is 1. The Morgan fingerprint density at radius 3 is 2.35 bits per heavy atom. The summed E-state index contributed by atoms with van der Waals surface area (Å²) in [5.41, 5.74) is -0.809. The Hall–Kier alpha value is -0.610. The SMILES string of the molecule is CCCC(C)(NC1CC(C)OC(C)C1)C(=O)O. The van der Waals surface area contributed by atoms with Gasteiger partial charge in [-0.1, -0.05) is 13.3 Å². The van der Waals surface area contributed by atoms with E-state index in [2.05, 4.69) is 5.32 Å². The molecule has 1 saturated heterocycles. The molecule has 17 heavy (non-hydrogen) atoms. The molecule has 1 fully saturated rings. The Morgan fingerprint density at radius 1 is 1.41 bits per heavy atom. The fourth-order valence-electron chi connectivity index (χ4n) is 2.71. The molecule has 3 unspecified atom stereocenters. The summed E-state index contributed by atoms with van der Waals surface area (Å²) < 4.78 is 5.66. The summed E-state index contributed by atoms with van der Waals surface area (Å²) >= 11 is 0. The highest BCUT2D eigenvalue weighted by atomic mass is 16.5. The highest BCUT2D eigenvalue weighted by Crippen LogP contribution is 2.23. The normalized spacial score (nSPS) is 33.1. The number of hydrogen-bond donors (Lipinski definition) is 2. The third-order valence-corrected chi connectivity index (χ3v) is 3.44. The van der Waals surface area contributed by atoms with Gasteiger partial charge in [0.1, 0.15) is 5.54 Å². The van der Waals surface area contributed by atoms with Crippen molar-refractivity contribution >= 4 is 5.97 Å². The van der Waals surface area contributed by atoms with Crippen LogP contribution in [0.1, 0.15) is 53.4 Å². The number of carbonyl (C=O) groups is 1. The number of rotatable bonds is 5. The largest absolute Gasteiger partial charge is 0.480 e. The molecule has 0 amide bonds. The lowest BCUT2D eigenvalue weighted by Crippen LogP contribution is -2.56. The molecule has 0 aromatic rings. The van der Waals surface area contributed by atoms with Crippen molar-refractivity contribution in [3.8, 4) is 0 Å². The van der Waals surface area contributed by atoms with Crippen LogP contribution in [0.15, 0.2) is 0 Å². The van der Waals surface area contributed by atoms with Crippen molar-refractivity contribution in [3.63, 3.8) is 0 Å². The lowest BCUT2D eigenvalue weighted by molar-refractivity contribution is -0.145. The van der Waals surface area contributed by atoms with E-state index in [4.69, 9.17) is 4.74 Å². The summed E-state index contributed by atoms with van der Waals surface area (Å²) in [6.07, 6.45) is 3.70. The maximum atomic E-state index is 11.4. The van der Waals surface area contributed by atoms with Crippen molar-refractivity contribution in [2.75, 3.05) is 0 Å². The molecular weight excluding hydrogens is 218 g/mol. The standard InChI is InChI=1S/C13H25NO3/c1-5-6-13(4,12(15)16)14-11-7-9(2)17-10(3)8-11/h9-11,14H,5-8H2,1-4H3,(H,15,16). The summed E-state index contributed by atoms with van der Waals surface area (Å²) in [5, 5.41) is 12.6. The Labute approximate surface area is 104 Å². The van der Waals surface area contributed by atoms with Crippen LogP contribution in [0.3, 0.4) is 0 Å². The van der Waals surface area contributed by atoms with E-state index in [1.807, 2.05) is 20.8 Å². The third-order valence-electron chi connectivity index (χ3n) is 3.44. The first kappa shape index (κ1) is 14.5. The predicted octanol–water partition coefficient (Wildman–Crippen LogP) is 2.18. The smallest absolute Gasteiger partial charge is 0.323 e. The molecule has 1 aliphatic heterocycles. The molecule has 0 aromatic carbocycles. The first-order chi connectivity index (χ1) is 7.87. The van der Waals surface area contributed by atoms with Gasteiger partial charge in [0.05, 0.1) is 12.2 Å². The molecule has 0 radical (unpaired) electrons. The molecule has 4 heteroatoms. The van der Waals surface area contributed by atoms with Crippen molar-refractivity contribution in [1.82, 2.24) is 5.32 Å². The summed E-state index contributed by atoms with van der Waals surface area (Å²) in [7, 11) is 0. The zero-order valence-electron chi connectivity index (χ0n) is 11.3. The molecule has 1 rings (SSSR count). The van der Waals surface area contributed by atoms with E-state index in [-0.39, 0.29) is 18.2 Å². The average Bonchev–Trinajstić information content (AvgIpc) is 2.15. The van der Waals surface area contributed by atoms with Gasteiger partial charge in [0, 0.05) is 6.04 Å². The van der Waals surface area contributed by atoms with Gasteiger partial charge in [-0.25, -0.2) is 0 Å². The summed E-state index contributed by atoms with van der Waals surface area (Å²) in [5.74, 6) is -0.758. The van der Waals surface area contributed by atoms with Crippen molar-refractivity contribution in [1.29, 1.82) is 0 Å². The predicted molar refractivity (Wildman–Crippen MR) is 67.1 cm³/mol. The molecule has 0 bridgehead atoms. The molecule has 0 aromatic heterocycles. The fraction of sp³-hybridized carbons (Fsp3) is 0.923. The van der Waals surface area contributed by atoms with Crippen LogP contribution in [-0.2, 0) is 9.53 Å². The minimum atomic E-state index is -0.809. The third kappa shape index (κ3) is 3.96. The van der Waals surface area contributed by atoms with Gasteiger partial charge in [0.15, 0.2) is 0 Å². The van der Waals surface area contributed by atoms with E-state index in [0.29, 0.717) is 6.42 Å². The van der Waals surface area contributed by atoms with Crippen LogP contribution in [-0.4, -0.2) is 34.9 Å².